The van der Waals surface area contributed by atoms with Crippen LogP contribution in [0.5, 0.6) is 0 Å². The Kier molecular flexibility index (Phi) is 7.87. The van der Waals surface area contributed by atoms with Crippen molar-refractivity contribution in [3.8, 4) is 0 Å². The number of nitrogens with zero attached hydrogens (tertiary/aromatic N) is 1. The lowest BCUT2D eigenvalue weighted by Gasteiger charge is -2.24. The van der Waals surface area contributed by atoms with Crippen LogP contribution >= 0.6 is 0 Å². The molecule has 20 heavy (non-hydrogen) atoms. The van der Waals surface area contributed by atoms with E-state index < -0.39 is 6.10 Å². The molecule has 1 N–H and O–H groups in total. The third kappa shape index (κ3) is 6.65. The minimum Gasteiger partial charge on any atom is -0.465 e. The van der Waals surface area contributed by atoms with Gasteiger partial charge in [-0.25, -0.2) is 0 Å². The van der Waals surface area contributed by atoms with E-state index in [1.807, 2.05) is 35.2 Å². The van der Waals surface area contributed by atoms with E-state index >= 15 is 0 Å². The number of carbonyl (C=O) groups excluding carboxylic acids is 1. The van der Waals surface area contributed by atoms with Gasteiger partial charge in [0.05, 0.1) is 25.9 Å². The van der Waals surface area contributed by atoms with Crippen molar-refractivity contribution in [3.05, 3.63) is 35.9 Å². The van der Waals surface area contributed by atoms with Gasteiger partial charge in [0.2, 0.25) is 0 Å². The molecule has 0 unspecified atom stereocenters. The molecule has 0 aromatic heterocycles. The first-order valence-corrected chi connectivity index (χ1v) is 6.74. The maximum atomic E-state index is 11.6. The molecule has 0 saturated carbocycles. The Hall–Kier alpha value is -1.43. The van der Waals surface area contributed by atoms with Crippen LogP contribution in [0.15, 0.2) is 30.3 Å². The van der Waals surface area contributed by atoms with Gasteiger partial charge in [-0.2, -0.15) is 0 Å². The molecule has 1 rings (SSSR count). The average molecular weight is 281 g/mol. The molecule has 5 heteroatoms. The zero-order valence-electron chi connectivity index (χ0n) is 12.1. The Balaban J connectivity index is 2.60. The van der Waals surface area contributed by atoms with Crippen LogP contribution in [0.2, 0.25) is 0 Å². The van der Waals surface area contributed by atoms with Crippen molar-refractivity contribution in [1.82, 2.24) is 4.90 Å². The van der Waals surface area contributed by atoms with Gasteiger partial charge in [0.1, 0.15) is 0 Å². The summed E-state index contributed by atoms with van der Waals surface area (Å²) in [4.78, 5) is 13.5. The number of ether oxygens (including phenoxy) is 2. The lowest BCUT2D eigenvalue weighted by Crippen LogP contribution is -2.38. The van der Waals surface area contributed by atoms with E-state index in [9.17, 15) is 9.90 Å². The van der Waals surface area contributed by atoms with E-state index in [0.29, 0.717) is 19.7 Å². The molecule has 5 nitrogen and oxygen atoms in total. The molecule has 0 fully saturated rings. The second kappa shape index (κ2) is 9.47. The van der Waals surface area contributed by atoms with E-state index in [2.05, 4.69) is 0 Å². The van der Waals surface area contributed by atoms with Crippen LogP contribution in [0.1, 0.15) is 12.5 Å². The van der Waals surface area contributed by atoms with Gasteiger partial charge >= 0.3 is 5.97 Å². The van der Waals surface area contributed by atoms with Crippen molar-refractivity contribution >= 4 is 5.97 Å². The van der Waals surface area contributed by atoms with Crippen molar-refractivity contribution in [2.24, 2.45) is 0 Å². The summed E-state index contributed by atoms with van der Waals surface area (Å²) in [6.07, 6.45) is -0.627. The number of hydrogen-bond donors (Lipinski definition) is 1. The number of carbonyl (C=O) groups is 1. The van der Waals surface area contributed by atoms with Gasteiger partial charge in [-0.1, -0.05) is 30.3 Å². The van der Waals surface area contributed by atoms with Crippen LogP contribution in [0.4, 0.5) is 0 Å². The summed E-state index contributed by atoms with van der Waals surface area (Å²) in [7, 11) is 1.54. The highest BCUT2D eigenvalue weighted by molar-refractivity contribution is 5.71. The summed E-state index contributed by atoms with van der Waals surface area (Å²) in [6.45, 7) is 3.48. The van der Waals surface area contributed by atoms with E-state index in [1.165, 1.54) is 7.11 Å². The fraction of sp³-hybridized carbons (Fsp3) is 0.533. The molecule has 1 atom stereocenters. The third-order valence-electron chi connectivity index (χ3n) is 2.74. The molecule has 0 bridgehead atoms. The zero-order valence-corrected chi connectivity index (χ0v) is 12.1. The largest absolute Gasteiger partial charge is 0.465 e. The van der Waals surface area contributed by atoms with Gasteiger partial charge in [-0.3, -0.25) is 9.69 Å². The first-order chi connectivity index (χ1) is 9.65. The number of aliphatic hydroxyl groups is 1. The molecule has 0 amide bonds. The first kappa shape index (κ1) is 16.6. The van der Waals surface area contributed by atoms with Gasteiger partial charge < -0.3 is 14.6 Å². The highest BCUT2D eigenvalue weighted by Crippen LogP contribution is 2.06. The summed E-state index contributed by atoms with van der Waals surface area (Å²) in [5.74, 6) is -0.284. The molecule has 0 aliphatic rings. The Morgan fingerprint density at radius 1 is 1.35 bits per heavy atom. The van der Waals surface area contributed by atoms with Crippen molar-refractivity contribution in [2.45, 2.75) is 19.6 Å². The lowest BCUT2D eigenvalue weighted by molar-refractivity contribution is -0.145. The lowest BCUT2D eigenvalue weighted by atomic mass is 10.2. The Morgan fingerprint density at radius 2 is 2.05 bits per heavy atom. The highest BCUT2D eigenvalue weighted by Gasteiger charge is 2.16. The zero-order chi connectivity index (χ0) is 14.8. The summed E-state index contributed by atoms with van der Waals surface area (Å²) in [5, 5.41) is 9.82. The number of methoxy groups -OCH3 is 1. The molecular formula is C15H23NO4. The van der Waals surface area contributed by atoms with Crippen LogP contribution in [0.3, 0.4) is 0 Å². The van der Waals surface area contributed by atoms with Crippen molar-refractivity contribution < 1.29 is 19.4 Å². The fourth-order valence-corrected chi connectivity index (χ4v) is 1.96. The minimum atomic E-state index is -0.627. The summed E-state index contributed by atoms with van der Waals surface area (Å²) < 4.78 is 9.87. The van der Waals surface area contributed by atoms with Gasteiger partial charge in [-0.15, -0.1) is 0 Å². The maximum Gasteiger partial charge on any atom is 0.320 e. The fourth-order valence-electron chi connectivity index (χ4n) is 1.96. The van der Waals surface area contributed by atoms with Crippen molar-refractivity contribution in [3.63, 3.8) is 0 Å². The SMILES string of the molecule is CCOC(=O)CN(Cc1ccccc1)C[C@H](O)COC. The second-order valence-electron chi connectivity index (χ2n) is 4.57. The minimum absolute atomic E-state index is 0.156. The van der Waals surface area contributed by atoms with E-state index in [4.69, 9.17) is 9.47 Å². The Labute approximate surface area is 120 Å². The molecule has 1 aromatic rings. The van der Waals surface area contributed by atoms with E-state index in [-0.39, 0.29) is 19.1 Å². The molecule has 0 heterocycles. The summed E-state index contributed by atoms with van der Waals surface area (Å²) in [6, 6.07) is 9.81. The Morgan fingerprint density at radius 3 is 2.65 bits per heavy atom. The van der Waals surface area contributed by atoms with E-state index in [1.54, 1.807) is 6.92 Å². The van der Waals surface area contributed by atoms with Gasteiger partial charge in [0.25, 0.3) is 0 Å². The number of rotatable bonds is 9. The van der Waals surface area contributed by atoms with Crippen LogP contribution < -0.4 is 0 Å². The quantitative estimate of drug-likeness (QED) is 0.686. The highest BCUT2D eigenvalue weighted by atomic mass is 16.5. The predicted octanol–water partition coefficient (Wildman–Crippen LogP) is 1.06. The molecule has 0 aliphatic carbocycles. The van der Waals surface area contributed by atoms with Gasteiger partial charge in [-0.05, 0) is 12.5 Å². The topological polar surface area (TPSA) is 59.0 Å². The number of benzene rings is 1. The van der Waals surface area contributed by atoms with Gasteiger partial charge in [0, 0.05) is 20.2 Å². The normalized spacial score (nSPS) is 12.4. The van der Waals surface area contributed by atoms with Crippen LogP contribution in [-0.4, -0.2) is 55.5 Å². The van der Waals surface area contributed by atoms with Crippen LogP contribution in [0.25, 0.3) is 0 Å². The molecule has 1 aromatic carbocycles. The smallest absolute Gasteiger partial charge is 0.320 e. The summed E-state index contributed by atoms with van der Waals surface area (Å²) >= 11 is 0. The molecule has 0 aliphatic heterocycles. The third-order valence-corrected chi connectivity index (χ3v) is 2.74. The monoisotopic (exact) mass is 281 g/mol. The number of aliphatic hydroxyl groups excluding tert-OH is 1. The standard InChI is InChI=1S/C15H23NO4/c1-3-20-15(18)11-16(10-14(17)12-19-2)9-13-7-5-4-6-8-13/h4-8,14,17H,3,9-12H2,1-2H3/t14-/m0/s1. The Bertz CT molecular complexity index is 383. The summed E-state index contributed by atoms with van der Waals surface area (Å²) in [5.41, 5.74) is 1.08. The first-order valence-electron chi connectivity index (χ1n) is 6.74. The predicted molar refractivity (Wildman–Crippen MR) is 76.2 cm³/mol. The average Bonchev–Trinajstić information content (AvgIpc) is 2.40. The number of hydrogen-bond acceptors (Lipinski definition) is 5. The van der Waals surface area contributed by atoms with Crippen LogP contribution in [-0.2, 0) is 20.8 Å². The molecule has 0 spiro atoms. The van der Waals surface area contributed by atoms with Gasteiger partial charge in [0.15, 0.2) is 0 Å². The van der Waals surface area contributed by atoms with Crippen molar-refractivity contribution in [2.75, 3.05) is 33.4 Å². The second-order valence-corrected chi connectivity index (χ2v) is 4.57. The van der Waals surface area contributed by atoms with E-state index in [0.717, 1.165) is 5.56 Å². The molecular weight excluding hydrogens is 258 g/mol. The van der Waals surface area contributed by atoms with Crippen molar-refractivity contribution in [1.29, 1.82) is 0 Å². The molecule has 0 radical (unpaired) electrons. The molecule has 112 valence electrons. The molecule has 0 saturated heterocycles. The maximum absolute atomic E-state index is 11.6. The number of esters is 1. The van der Waals surface area contributed by atoms with Crippen LogP contribution in [0, 0.1) is 0 Å².